The van der Waals surface area contributed by atoms with Crippen molar-refractivity contribution in [3.63, 3.8) is 0 Å². The first-order chi connectivity index (χ1) is 10.5. The van der Waals surface area contributed by atoms with E-state index < -0.39 is 18.4 Å². The third-order valence-corrected chi connectivity index (χ3v) is 3.89. The highest BCUT2D eigenvalue weighted by molar-refractivity contribution is 5.41. The first-order valence-electron chi connectivity index (χ1n) is 7.23. The summed E-state index contributed by atoms with van der Waals surface area (Å²) >= 11 is 0. The molecule has 1 aromatic rings. The van der Waals surface area contributed by atoms with Crippen molar-refractivity contribution < 1.29 is 22.3 Å². The van der Waals surface area contributed by atoms with Gasteiger partial charge in [-0.05, 0) is 18.6 Å². The van der Waals surface area contributed by atoms with Crippen LogP contribution in [0.2, 0.25) is 0 Å². The first-order valence-corrected chi connectivity index (χ1v) is 7.23. The highest BCUT2D eigenvalue weighted by atomic mass is 19.4. The Labute approximate surface area is 127 Å². The molecule has 1 heterocycles. The molecule has 1 aliphatic heterocycles. The fourth-order valence-corrected chi connectivity index (χ4v) is 2.79. The predicted octanol–water partition coefficient (Wildman–Crippen LogP) is 3.02. The lowest BCUT2D eigenvalue weighted by atomic mass is 9.98. The van der Waals surface area contributed by atoms with Crippen LogP contribution in [-0.2, 0) is 6.18 Å². The molecule has 0 amide bonds. The van der Waals surface area contributed by atoms with Gasteiger partial charge in [0.1, 0.15) is 5.75 Å². The van der Waals surface area contributed by atoms with E-state index in [4.69, 9.17) is 4.74 Å². The third kappa shape index (κ3) is 3.89. The molecule has 22 heavy (non-hydrogen) atoms. The molecule has 0 saturated carbocycles. The number of methoxy groups -OCH3 is 1. The molecule has 1 aliphatic rings. The molecule has 3 nitrogen and oxygen atoms in total. The average Bonchev–Trinajstić information content (AvgIpc) is 2.52. The van der Waals surface area contributed by atoms with Crippen LogP contribution in [0.4, 0.5) is 17.6 Å². The van der Waals surface area contributed by atoms with Gasteiger partial charge >= 0.3 is 6.18 Å². The number of hydrogen-bond donors (Lipinski definition) is 1. The van der Waals surface area contributed by atoms with Gasteiger partial charge in [0.15, 0.2) is 0 Å². The normalized spacial score (nSPS) is 18.2. The highest BCUT2D eigenvalue weighted by Gasteiger charge is 2.32. The van der Waals surface area contributed by atoms with Gasteiger partial charge in [0, 0.05) is 37.8 Å². The number of benzene rings is 1. The topological polar surface area (TPSA) is 24.5 Å². The van der Waals surface area contributed by atoms with Gasteiger partial charge in [0.25, 0.3) is 0 Å². The van der Waals surface area contributed by atoms with E-state index in [1.807, 2.05) is 0 Å². The van der Waals surface area contributed by atoms with Crippen molar-refractivity contribution >= 4 is 0 Å². The van der Waals surface area contributed by atoms with Crippen LogP contribution >= 0.6 is 0 Å². The Hall–Kier alpha value is -1.34. The van der Waals surface area contributed by atoms with Gasteiger partial charge in [-0.3, -0.25) is 9.29 Å². The zero-order chi connectivity index (χ0) is 16.2. The summed E-state index contributed by atoms with van der Waals surface area (Å²) in [5.74, 6) is 0.159. The fourth-order valence-electron chi connectivity index (χ4n) is 2.79. The fraction of sp³-hybridized carbons (Fsp3) is 0.600. The van der Waals surface area contributed by atoms with Crippen LogP contribution in [0, 0.1) is 0 Å². The van der Waals surface area contributed by atoms with Crippen LogP contribution in [0.3, 0.4) is 0 Å². The summed E-state index contributed by atoms with van der Waals surface area (Å²) in [7, 11) is 1.34. The minimum atomic E-state index is -4.42. The Morgan fingerprint density at radius 2 is 1.95 bits per heavy atom. The van der Waals surface area contributed by atoms with Gasteiger partial charge in [-0.25, -0.2) is 0 Å². The Kier molecular flexibility index (Phi) is 5.63. The van der Waals surface area contributed by atoms with Crippen LogP contribution < -0.4 is 10.1 Å². The molecule has 2 rings (SSSR count). The average molecular weight is 320 g/mol. The molecule has 1 aromatic carbocycles. The number of halogens is 4. The largest absolute Gasteiger partial charge is 0.496 e. The zero-order valence-electron chi connectivity index (χ0n) is 12.4. The molecule has 1 fully saturated rings. The van der Waals surface area contributed by atoms with E-state index >= 15 is 0 Å². The number of nitrogens with one attached hydrogen (secondary N) is 1. The summed E-state index contributed by atoms with van der Waals surface area (Å²) in [6, 6.07) is 3.15. The van der Waals surface area contributed by atoms with Crippen LogP contribution in [-0.4, -0.2) is 44.9 Å². The van der Waals surface area contributed by atoms with E-state index in [1.165, 1.54) is 13.2 Å². The number of rotatable bonds is 5. The minimum absolute atomic E-state index is 0.159. The maximum atomic E-state index is 12.9. The predicted molar refractivity (Wildman–Crippen MR) is 75.8 cm³/mol. The molecule has 1 N–H and O–H groups in total. The second kappa shape index (κ2) is 7.28. The van der Waals surface area contributed by atoms with Gasteiger partial charge < -0.3 is 10.1 Å². The highest BCUT2D eigenvalue weighted by Crippen LogP contribution is 2.37. The second-order valence-electron chi connectivity index (χ2n) is 5.23. The molecular weight excluding hydrogens is 300 g/mol. The molecule has 124 valence electrons. The molecule has 0 radical (unpaired) electrons. The quantitative estimate of drug-likeness (QED) is 0.844. The summed E-state index contributed by atoms with van der Waals surface area (Å²) < 4.78 is 56.5. The molecule has 7 heteroatoms. The monoisotopic (exact) mass is 320 g/mol. The second-order valence-corrected chi connectivity index (χ2v) is 5.23. The summed E-state index contributed by atoms with van der Waals surface area (Å²) in [6.45, 7) is 2.50. The number of nitrogens with zero attached hydrogens (tertiary/aromatic N) is 1. The summed E-state index contributed by atoms with van der Waals surface area (Å²) in [5, 5.41) is 3.21. The smallest absolute Gasteiger partial charge is 0.416 e. The number of hydrogen-bond acceptors (Lipinski definition) is 3. The maximum Gasteiger partial charge on any atom is 0.416 e. The number of ether oxygens (including phenoxy) is 1. The van der Waals surface area contributed by atoms with Crippen molar-refractivity contribution in [1.82, 2.24) is 10.2 Å². The van der Waals surface area contributed by atoms with Gasteiger partial charge in [0.05, 0.1) is 19.3 Å². The molecule has 0 unspecified atom stereocenters. The molecule has 0 aliphatic carbocycles. The summed E-state index contributed by atoms with van der Waals surface area (Å²) in [6.07, 6.45) is -4.18. The van der Waals surface area contributed by atoms with Crippen molar-refractivity contribution in [2.75, 3.05) is 40.0 Å². The van der Waals surface area contributed by atoms with E-state index in [2.05, 4.69) is 10.2 Å². The first kappa shape index (κ1) is 17.0. The van der Waals surface area contributed by atoms with Crippen molar-refractivity contribution in [1.29, 1.82) is 0 Å². The van der Waals surface area contributed by atoms with Gasteiger partial charge in [-0.1, -0.05) is 6.07 Å². The SMILES string of the molecule is COc1cc(C(F)(F)F)ccc1[C@@H](CCF)N1CCNCC1. The molecule has 1 saturated heterocycles. The van der Waals surface area contributed by atoms with Crippen LogP contribution in [0.25, 0.3) is 0 Å². The Bertz CT molecular complexity index is 487. The molecule has 0 aromatic heterocycles. The van der Waals surface area contributed by atoms with Crippen molar-refractivity contribution in [3.8, 4) is 5.75 Å². The van der Waals surface area contributed by atoms with Gasteiger partial charge in [-0.2, -0.15) is 13.2 Å². The van der Waals surface area contributed by atoms with E-state index in [9.17, 15) is 17.6 Å². The minimum Gasteiger partial charge on any atom is -0.496 e. The Morgan fingerprint density at radius 1 is 1.27 bits per heavy atom. The molecular formula is C15H20F4N2O. The molecule has 0 bridgehead atoms. The molecule has 0 spiro atoms. The van der Waals surface area contributed by atoms with Crippen LogP contribution in [0.15, 0.2) is 18.2 Å². The van der Waals surface area contributed by atoms with E-state index in [0.717, 1.165) is 38.3 Å². The van der Waals surface area contributed by atoms with Crippen LogP contribution in [0.5, 0.6) is 5.75 Å². The molecule has 1 atom stereocenters. The summed E-state index contributed by atoms with van der Waals surface area (Å²) in [4.78, 5) is 2.08. The zero-order valence-corrected chi connectivity index (χ0v) is 12.4. The van der Waals surface area contributed by atoms with E-state index in [-0.39, 0.29) is 18.2 Å². The lowest BCUT2D eigenvalue weighted by Gasteiger charge is -2.35. The number of piperazine rings is 1. The number of alkyl halides is 4. The van der Waals surface area contributed by atoms with Crippen molar-refractivity contribution in [3.05, 3.63) is 29.3 Å². The van der Waals surface area contributed by atoms with E-state index in [1.54, 1.807) is 0 Å². The van der Waals surface area contributed by atoms with Crippen molar-refractivity contribution in [2.24, 2.45) is 0 Å². The standard InChI is InChI=1S/C15H20F4N2O/c1-22-14-10-11(15(17,18)19)2-3-12(14)13(4-5-16)21-8-6-20-7-9-21/h2-3,10,13,20H,4-9H2,1H3/t13-/m1/s1. The van der Waals surface area contributed by atoms with Gasteiger partial charge in [0.2, 0.25) is 0 Å². The maximum absolute atomic E-state index is 12.9. The van der Waals surface area contributed by atoms with E-state index in [0.29, 0.717) is 5.56 Å². The van der Waals surface area contributed by atoms with Gasteiger partial charge in [-0.15, -0.1) is 0 Å². The summed E-state index contributed by atoms with van der Waals surface area (Å²) in [5.41, 5.74) is -0.151. The van der Waals surface area contributed by atoms with Crippen LogP contribution in [0.1, 0.15) is 23.6 Å². The Balaban J connectivity index is 2.33. The third-order valence-electron chi connectivity index (χ3n) is 3.89. The Morgan fingerprint density at radius 3 is 2.50 bits per heavy atom. The lowest BCUT2D eigenvalue weighted by molar-refractivity contribution is -0.137. The lowest BCUT2D eigenvalue weighted by Crippen LogP contribution is -2.45. The van der Waals surface area contributed by atoms with Crippen molar-refractivity contribution in [2.45, 2.75) is 18.6 Å².